The number of nitriles is 1. The van der Waals surface area contributed by atoms with Crippen LogP contribution in [0.1, 0.15) is 30.7 Å². The van der Waals surface area contributed by atoms with Crippen LogP contribution in [0.3, 0.4) is 0 Å². The zero-order chi connectivity index (χ0) is 17.4. The van der Waals surface area contributed by atoms with Gasteiger partial charge in [-0.05, 0) is 18.4 Å². The lowest BCUT2D eigenvalue weighted by Crippen LogP contribution is -2.36. The van der Waals surface area contributed by atoms with E-state index >= 15 is 0 Å². The van der Waals surface area contributed by atoms with Gasteiger partial charge < -0.3 is 10.6 Å². The van der Waals surface area contributed by atoms with Crippen molar-refractivity contribution in [2.75, 3.05) is 7.05 Å². The fourth-order valence-corrected chi connectivity index (χ4v) is 3.41. The third-order valence-electron chi connectivity index (χ3n) is 4.58. The van der Waals surface area contributed by atoms with E-state index in [0.717, 1.165) is 12.1 Å². The molecule has 1 heterocycles. The smallest absolute Gasteiger partial charge is 0.269 e. The first-order valence-corrected chi connectivity index (χ1v) is 7.59. The molecule has 0 amide bonds. The van der Waals surface area contributed by atoms with Crippen LogP contribution in [0.5, 0.6) is 0 Å². The maximum atomic E-state index is 12.6. The van der Waals surface area contributed by atoms with Crippen LogP contribution in [-0.2, 0) is 4.79 Å². The summed E-state index contributed by atoms with van der Waals surface area (Å²) in [4.78, 5) is 24.8. The first kappa shape index (κ1) is 15.7. The summed E-state index contributed by atoms with van der Waals surface area (Å²) in [7, 11) is 1.74. The fraction of sp³-hybridized carbons (Fsp3) is 0.294. The second-order valence-corrected chi connectivity index (χ2v) is 5.89. The molecule has 1 aromatic rings. The van der Waals surface area contributed by atoms with Gasteiger partial charge in [0.05, 0.1) is 22.5 Å². The zero-order valence-electron chi connectivity index (χ0n) is 13.2. The fourth-order valence-electron chi connectivity index (χ4n) is 3.41. The van der Waals surface area contributed by atoms with Gasteiger partial charge in [-0.15, -0.1) is 0 Å². The van der Waals surface area contributed by atoms with E-state index in [0.29, 0.717) is 29.8 Å². The van der Waals surface area contributed by atoms with Gasteiger partial charge in [0.1, 0.15) is 5.82 Å². The van der Waals surface area contributed by atoms with Gasteiger partial charge in [-0.3, -0.25) is 14.9 Å². The first-order chi connectivity index (χ1) is 11.5. The summed E-state index contributed by atoms with van der Waals surface area (Å²) in [5, 5.41) is 20.7. The summed E-state index contributed by atoms with van der Waals surface area (Å²) >= 11 is 0. The predicted octanol–water partition coefficient (Wildman–Crippen LogP) is 2.32. The minimum Gasteiger partial charge on any atom is -0.384 e. The molecule has 0 saturated carbocycles. The predicted molar refractivity (Wildman–Crippen MR) is 86.3 cm³/mol. The molecule has 7 heteroatoms. The van der Waals surface area contributed by atoms with E-state index in [1.807, 2.05) is 0 Å². The van der Waals surface area contributed by atoms with Gasteiger partial charge in [-0.25, -0.2) is 0 Å². The van der Waals surface area contributed by atoms with E-state index in [1.54, 1.807) is 24.1 Å². The van der Waals surface area contributed by atoms with Crippen LogP contribution < -0.4 is 5.73 Å². The quantitative estimate of drug-likeness (QED) is 0.659. The van der Waals surface area contributed by atoms with E-state index < -0.39 is 10.8 Å². The number of non-ortho nitro benzene ring substituents is 1. The molecule has 0 saturated heterocycles. The Balaban J connectivity index is 2.24. The molecule has 24 heavy (non-hydrogen) atoms. The maximum Gasteiger partial charge on any atom is 0.269 e. The molecule has 2 N–H and O–H groups in total. The minimum absolute atomic E-state index is 0.0279. The van der Waals surface area contributed by atoms with E-state index in [9.17, 15) is 20.2 Å². The number of allylic oxidation sites excluding steroid dienone is 3. The molecule has 0 radical (unpaired) electrons. The Bertz CT molecular complexity index is 848. The molecule has 1 aliphatic carbocycles. The Labute approximate surface area is 138 Å². The number of nitrogens with two attached hydrogens (primary N) is 1. The number of hydrogen-bond acceptors (Lipinski definition) is 6. The van der Waals surface area contributed by atoms with E-state index in [4.69, 9.17) is 5.73 Å². The Hall–Kier alpha value is -3.14. The first-order valence-electron chi connectivity index (χ1n) is 7.59. The number of carbonyl (C=O) groups excluding carboxylic acids is 1. The van der Waals surface area contributed by atoms with Crippen molar-refractivity contribution in [3.8, 4) is 6.07 Å². The van der Waals surface area contributed by atoms with Gasteiger partial charge in [0.25, 0.3) is 5.69 Å². The van der Waals surface area contributed by atoms with E-state index in [1.165, 1.54) is 12.1 Å². The molecule has 122 valence electrons. The van der Waals surface area contributed by atoms with Crippen molar-refractivity contribution >= 4 is 11.5 Å². The van der Waals surface area contributed by atoms with Gasteiger partial charge >= 0.3 is 0 Å². The summed E-state index contributed by atoms with van der Waals surface area (Å²) < 4.78 is 0. The highest BCUT2D eigenvalue weighted by atomic mass is 16.6. The van der Waals surface area contributed by atoms with Crippen molar-refractivity contribution < 1.29 is 9.72 Å². The normalized spacial score (nSPS) is 20.8. The number of rotatable bonds is 2. The number of Topliss-reactive ketones (excluding diaryl/α,β-unsaturated/α-hetero) is 1. The van der Waals surface area contributed by atoms with E-state index in [-0.39, 0.29) is 17.0 Å². The zero-order valence-corrected chi connectivity index (χ0v) is 13.2. The SMILES string of the molecule is CN1C(N)=C(C#N)[C@H](c2cccc([N+](=O)[O-])c2)C2=C1CCCC2=O. The monoisotopic (exact) mass is 324 g/mol. The van der Waals surface area contributed by atoms with Gasteiger partial charge in [0, 0.05) is 36.9 Å². The highest BCUT2D eigenvalue weighted by Gasteiger charge is 2.38. The van der Waals surface area contributed by atoms with E-state index in [2.05, 4.69) is 6.07 Å². The highest BCUT2D eigenvalue weighted by molar-refractivity contribution is 5.99. The average Bonchev–Trinajstić information content (AvgIpc) is 2.58. The third-order valence-corrected chi connectivity index (χ3v) is 4.58. The number of carbonyl (C=O) groups is 1. The Morgan fingerprint density at radius 2 is 2.17 bits per heavy atom. The van der Waals surface area contributed by atoms with Crippen molar-refractivity contribution in [2.24, 2.45) is 5.73 Å². The number of nitrogens with zero attached hydrogens (tertiary/aromatic N) is 3. The molecule has 3 rings (SSSR count). The summed E-state index contributed by atoms with van der Waals surface area (Å²) in [6.45, 7) is 0. The molecule has 7 nitrogen and oxygen atoms in total. The summed E-state index contributed by atoms with van der Waals surface area (Å²) in [5.41, 5.74) is 8.18. The standard InChI is InChI=1S/C17H16N4O3/c1-20-13-6-3-7-14(22)16(13)15(12(9-18)17(20)19)10-4-2-5-11(8-10)21(23)24/h2,4-5,8,15H,3,6-7,19H2,1H3/t15-/m0/s1. The molecule has 0 fully saturated rings. The number of hydrogen-bond donors (Lipinski definition) is 1. The van der Waals surface area contributed by atoms with Crippen LogP contribution >= 0.6 is 0 Å². The van der Waals surface area contributed by atoms with Crippen LogP contribution in [0.2, 0.25) is 0 Å². The second kappa shape index (κ2) is 5.81. The Kier molecular flexibility index (Phi) is 3.81. The Morgan fingerprint density at radius 3 is 2.83 bits per heavy atom. The summed E-state index contributed by atoms with van der Waals surface area (Å²) in [6, 6.07) is 8.14. The molecule has 1 aliphatic heterocycles. The van der Waals surface area contributed by atoms with Gasteiger partial charge in [-0.2, -0.15) is 5.26 Å². The Morgan fingerprint density at radius 1 is 1.42 bits per heavy atom. The van der Waals surface area contributed by atoms with Crippen molar-refractivity contribution in [1.29, 1.82) is 5.26 Å². The molecule has 0 aromatic heterocycles. The number of benzene rings is 1. The van der Waals surface area contributed by atoms with Gasteiger partial charge in [0.15, 0.2) is 5.78 Å². The van der Waals surface area contributed by atoms with Crippen LogP contribution in [0.15, 0.2) is 46.9 Å². The molecule has 0 spiro atoms. The second-order valence-electron chi connectivity index (χ2n) is 5.89. The number of nitro groups is 1. The van der Waals surface area contributed by atoms with Crippen molar-refractivity contribution in [2.45, 2.75) is 25.2 Å². The lowest BCUT2D eigenvalue weighted by molar-refractivity contribution is -0.384. The molecular formula is C17H16N4O3. The summed E-state index contributed by atoms with van der Waals surface area (Å²) in [6.07, 6.45) is 1.85. The molecule has 2 aliphatic rings. The van der Waals surface area contributed by atoms with Crippen molar-refractivity contribution in [3.63, 3.8) is 0 Å². The molecule has 0 bridgehead atoms. The summed E-state index contributed by atoms with van der Waals surface area (Å²) in [5.74, 6) is -0.379. The van der Waals surface area contributed by atoms with Crippen LogP contribution in [0.4, 0.5) is 5.69 Å². The van der Waals surface area contributed by atoms with Crippen LogP contribution in [0, 0.1) is 21.4 Å². The number of nitro benzene ring substituents is 1. The van der Waals surface area contributed by atoms with Crippen molar-refractivity contribution in [3.05, 3.63) is 62.6 Å². The van der Waals surface area contributed by atoms with Gasteiger partial charge in [-0.1, -0.05) is 12.1 Å². The van der Waals surface area contributed by atoms with Crippen LogP contribution in [0.25, 0.3) is 0 Å². The molecule has 0 unspecified atom stereocenters. The molecule has 1 aromatic carbocycles. The molecular weight excluding hydrogens is 308 g/mol. The molecule has 1 atom stereocenters. The highest BCUT2D eigenvalue weighted by Crippen LogP contribution is 2.44. The largest absolute Gasteiger partial charge is 0.384 e. The lowest BCUT2D eigenvalue weighted by atomic mass is 9.76. The van der Waals surface area contributed by atoms with Crippen molar-refractivity contribution in [1.82, 2.24) is 4.90 Å². The number of ketones is 1. The van der Waals surface area contributed by atoms with Gasteiger partial charge in [0.2, 0.25) is 0 Å². The minimum atomic E-state index is -0.645. The maximum absolute atomic E-state index is 12.6. The lowest BCUT2D eigenvalue weighted by Gasteiger charge is -2.37. The topological polar surface area (TPSA) is 113 Å². The average molecular weight is 324 g/mol. The third kappa shape index (κ3) is 2.33. The van der Waals surface area contributed by atoms with Crippen LogP contribution in [-0.4, -0.2) is 22.7 Å².